The van der Waals surface area contributed by atoms with Crippen molar-refractivity contribution in [3.8, 4) is 11.4 Å². The smallest absolute Gasteiger partial charge is 0.274 e. The average Bonchev–Trinajstić information content (AvgIpc) is 3.02. The van der Waals surface area contributed by atoms with Crippen molar-refractivity contribution in [2.75, 3.05) is 26.3 Å². The molecule has 2 aromatic heterocycles. The number of amides is 1. The van der Waals surface area contributed by atoms with Crippen LogP contribution in [0.25, 0.3) is 11.4 Å². The van der Waals surface area contributed by atoms with Crippen LogP contribution in [0.15, 0.2) is 24.7 Å². The fraction of sp³-hybridized carbons (Fsp3) is 0.333. The van der Waals surface area contributed by atoms with E-state index in [1.807, 2.05) is 0 Å². The standard InChI is InChI=1S/C12H13N5O2/c18-12(17-3-5-19-6-4-17)11-8-13-7-10(15-11)9-1-2-14-16-9/h1-2,7-8H,3-6H2,(H,14,16). The van der Waals surface area contributed by atoms with E-state index >= 15 is 0 Å². The zero-order valence-electron chi connectivity index (χ0n) is 10.2. The van der Waals surface area contributed by atoms with Gasteiger partial charge in [0.15, 0.2) is 0 Å². The molecule has 0 aliphatic carbocycles. The summed E-state index contributed by atoms with van der Waals surface area (Å²) in [5.41, 5.74) is 1.69. The molecule has 2 aromatic rings. The summed E-state index contributed by atoms with van der Waals surface area (Å²) in [6.45, 7) is 2.32. The monoisotopic (exact) mass is 259 g/mol. The second kappa shape index (κ2) is 5.15. The molecule has 1 saturated heterocycles. The van der Waals surface area contributed by atoms with Crippen molar-refractivity contribution in [1.29, 1.82) is 0 Å². The molecule has 1 aliphatic heterocycles. The van der Waals surface area contributed by atoms with Crippen LogP contribution in [0.5, 0.6) is 0 Å². The van der Waals surface area contributed by atoms with Gasteiger partial charge in [-0.3, -0.25) is 14.9 Å². The minimum absolute atomic E-state index is 0.114. The molecule has 7 nitrogen and oxygen atoms in total. The van der Waals surface area contributed by atoms with E-state index in [9.17, 15) is 4.79 Å². The van der Waals surface area contributed by atoms with Crippen LogP contribution in [-0.4, -0.2) is 57.3 Å². The number of morpholine rings is 1. The van der Waals surface area contributed by atoms with Gasteiger partial charge in [-0.2, -0.15) is 5.10 Å². The zero-order valence-corrected chi connectivity index (χ0v) is 10.2. The van der Waals surface area contributed by atoms with E-state index in [1.54, 1.807) is 23.4 Å². The Morgan fingerprint density at radius 1 is 1.32 bits per heavy atom. The number of carbonyl (C=O) groups excluding carboxylic acids is 1. The molecule has 7 heteroatoms. The molecule has 1 aliphatic rings. The van der Waals surface area contributed by atoms with Crippen molar-refractivity contribution in [3.05, 3.63) is 30.4 Å². The van der Waals surface area contributed by atoms with Gasteiger partial charge in [-0.1, -0.05) is 0 Å². The molecule has 0 atom stereocenters. The molecule has 1 amide bonds. The molecular weight excluding hydrogens is 246 g/mol. The minimum Gasteiger partial charge on any atom is -0.378 e. The summed E-state index contributed by atoms with van der Waals surface area (Å²) in [7, 11) is 0. The number of carbonyl (C=O) groups is 1. The number of hydrogen-bond donors (Lipinski definition) is 1. The molecule has 0 aromatic carbocycles. The maximum absolute atomic E-state index is 12.3. The van der Waals surface area contributed by atoms with Crippen molar-refractivity contribution in [2.45, 2.75) is 0 Å². The number of aromatic amines is 1. The Hall–Kier alpha value is -2.28. The first-order chi connectivity index (χ1) is 9.34. The van der Waals surface area contributed by atoms with Crippen LogP contribution < -0.4 is 0 Å². The van der Waals surface area contributed by atoms with Gasteiger partial charge in [-0.25, -0.2) is 4.98 Å². The maximum Gasteiger partial charge on any atom is 0.274 e. The summed E-state index contributed by atoms with van der Waals surface area (Å²) in [5.74, 6) is -0.114. The summed E-state index contributed by atoms with van der Waals surface area (Å²) in [6.07, 6.45) is 4.72. The van der Waals surface area contributed by atoms with Crippen LogP contribution in [0.3, 0.4) is 0 Å². The van der Waals surface area contributed by atoms with Crippen LogP contribution in [0.2, 0.25) is 0 Å². The van der Waals surface area contributed by atoms with E-state index in [1.165, 1.54) is 6.20 Å². The lowest BCUT2D eigenvalue weighted by Crippen LogP contribution is -2.41. The first-order valence-electron chi connectivity index (χ1n) is 6.03. The summed E-state index contributed by atoms with van der Waals surface area (Å²) in [6, 6.07) is 1.78. The molecule has 0 radical (unpaired) electrons. The predicted octanol–water partition coefficient (Wildman–Crippen LogP) is 0.339. The van der Waals surface area contributed by atoms with Gasteiger partial charge >= 0.3 is 0 Å². The van der Waals surface area contributed by atoms with E-state index in [4.69, 9.17) is 4.74 Å². The fourth-order valence-corrected chi connectivity index (χ4v) is 1.93. The van der Waals surface area contributed by atoms with Crippen molar-refractivity contribution < 1.29 is 9.53 Å². The van der Waals surface area contributed by atoms with Crippen molar-refractivity contribution in [1.82, 2.24) is 25.1 Å². The Morgan fingerprint density at radius 2 is 2.16 bits per heavy atom. The Morgan fingerprint density at radius 3 is 2.89 bits per heavy atom. The first-order valence-corrected chi connectivity index (χ1v) is 6.03. The van der Waals surface area contributed by atoms with Crippen LogP contribution in [-0.2, 0) is 4.74 Å². The lowest BCUT2D eigenvalue weighted by Gasteiger charge is -2.26. The molecule has 19 heavy (non-hydrogen) atoms. The van der Waals surface area contributed by atoms with Crippen molar-refractivity contribution in [2.24, 2.45) is 0 Å². The van der Waals surface area contributed by atoms with Gasteiger partial charge in [0.2, 0.25) is 0 Å². The Balaban J connectivity index is 1.84. The van der Waals surface area contributed by atoms with E-state index in [-0.39, 0.29) is 5.91 Å². The number of ether oxygens (including phenoxy) is 1. The highest BCUT2D eigenvalue weighted by atomic mass is 16.5. The van der Waals surface area contributed by atoms with Crippen LogP contribution in [0.4, 0.5) is 0 Å². The normalized spacial score (nSPS) is 15.5. The van der Waals surface area contributed by atoms with Gasteiger partial charge in [-0.05, 0) is 6.07 Å². The minimum atomic E-state index is -0.114. The van der Waals surface area contributed by atoms with Crippen molar-refractivity contribution >= 4 is 5.91 Å². The van der Waals surface area contributed by atoms with Gasteiger partial charge in [0.05, 0.1) is 31.3 Å². The summed E-state index contributed by atoms with van der Waals surface area (Å²) < 4.78 is 5.23. The maximum atomic E-state index is 12.3. The summed E-state index contributed by atoms with van der Waals surface area (Å²) in [5, 5.41) is 6.66. The average molecular weight is 259 g/mol. The van der Waals surface area contributed by atoms with Gasteiger partial charge in [0, 0.05) is 19.3 Å². The van der Waals surface area contributed by atoms with E-state index in [0.717, 1.165) is 5.69 Å². The van der Waals surface area contributed by atoms with Gasteiger partial charge in [-0.15, -0.1) is 0 Å². The Labute approximate surface area is 109 Å². The third kappa shape index (κ3) is 2.45. The number of nitrogens with zero attached hydrogens (tertiary/aromatic N) is 4. The third-order valence-electron chi connectivity index (χ3n) is 2.93. The second-order valence-electron chi connectivity index (χ2n) is 4.16. The SMILES string of the molecule is O=C(c1cncc(-c2ccn[nH]2)n1)N1CCOCC1. The van der Waals surface area contributed by atoms with Gasteiger partial charge in [0.1, 0.15) is 11.4 Å². The lowest BCUT2D eigenvalue weighted by molar-refractivity contribution is 0.0299. The highest BCUT2D eigenvalue weighted by Crippen LogP contribution is 2.13. The van der Waals surface area contributed by atoms with E-state index < -0.39 is 0 Å². The van der Waals surface area contributed by atoms with Crippen LogP contribution in [0.1, 0.15) is 10.5 Å². The van der Waals surface area contributed by atoms with Crippen LogP contribution >= 0.6 is 0 Å². The van der Waals surface area contributed by atoms with Gasteiger partial charge in [0.25, 0.3) is 5.91 Å². The van der Waals surface area contributed by atoms with E-state index in [0.29, 0.717) is 37.7 Å². The highest BCUT2D eigenvalue weighted by molar-refractivity contribution is 5.92. The predicted molar refractivity (Wildman–Crippen MR) is 66.3 cm³/mol. The molecule has 0 unspecified atom stereocenters. The second-order valence-corrected chi connectivity index (χ2v) is 4.16. The zero-order chi connectivity index (χ0) is 13.1. The Kier molecular flexibility index (Phi) is 3.20. The number of rotatable bonds is 2. The summed E-state index contributed by atoms with van der Waals surface area (Å²) in [4.78, 5) is 22.4. The van der Waals surface area contributed by atoms with Crippen molar-refractivity contribution in [3.63, 3.8) is 0 Å². The molecular formula is C12H13N5O2. The molecule has 0 saturated carbocycles. The Bertz CT molecular complexity index is 563. The fourth-order valence-electron chi connectivity index (χ4n) is 1.93. The molecule has 1 N–H and O–H groups in total. The van der Waals surface area contributed by atoms with Crippen LogP contribution in [0, 0.1) is 0 Å². The highest BCUT2D eigenvalue weighted by Gasteiger charge is 2.20. The number of aromatic nitrogens is 4. The molecule has 1 fully saturated rings. The molecule has 3 rings (SSSR count). The largest absolute Gasteiger partial charge is 0.378 e. The van der Waals surface area contributed by atoms with Gasteiger partial charge < -0.3 is 9.64 Å². The number of nitrogens with one attached hydrogen (secondary N) is 1. The van der Waals surface area contributed by atoms with E-state index in [2.05, 4.69) is 20.2 Å². The quantitative estimate of drug-likeness (QED) is 0.840. The first kappa shape index (κ1) is 11.8. The molecule has 0 bridgehead atoms. The molecule has 98 valence electrons. The molecule has 0 spiro atoms. The lowest BCUT2D eigenvalue weighted by atomic mass is 10.3. The number of H-pyrrole nitrogens is 1. The molecule has 3 heterocycles. The third-order valence-corrected chi connectivity index (χ3v) is 2.93. The summed E-state index contributed by atoms with van der Waals surface area (Å²) >= 11 is 0. The topological polar surface area (TPSA) is 84.0 Å². The number of hydrogen-bond acceptors (Lipinski definition) is 5.